The summed E-state index contributed by atoms with van der Waals surface area (Å²) in [5, 5.41) is 11.9. The monoisotopic (exact) mass is 416 g/mol. The first-order valence-electron chi connectivity index (χ1n) is 8.56. The number of carbonyl (C=O) groups excluding carboxylic acids is 2. The number of hydrogen-bond acceptors (Lipinski definition) is 7. The number of amides is 2. The number of para-hydroxylation sites is 1. The maximum absolute atomic E-state index is 12.3. The standard InChI is InChI=1S/C19H20N4O3S2/c1-13-6-3-4-8-15(13)20-18(25)19-22-21-16(28-19)11-27-12-17(24)23(2)10-14-7-5-9-26-14/h3-9H,10-12H2,1-2H3,(H,20,25). The minimum Gasteiger partial charge on any atom is -0.467 e. The van der Waals surface area contributed by atoms with Crippen molar-refractivity contribution in [3.63, 3.8) is 0 Å². The van der Waals surface area contributed by atoms with Crippen molar-refractivity contribution < 1.29 is 14.0 Å². The van der Waals surface area contributed by atoms with Gasteiger partial charge in [-0.25, -0.2) is 0 Å². The van der Waals surface area contributed by atoms with Crippen LogP contribution in [0.1, 0.15) is 26.1 Å². The highest BCUT2D eigenvalue weighted by Gasteiger charge is 2.15. The van der Waals surface area contributed by atoms with Crippen LogP contribution in [-0.2, 0) is 17.1 Å². The Kier molecular flexibility index (Phi) is 6.83. The molecule has 2 amide bonds. The predicted octanol–water partition coefficient (Wildman–Crippen LogP) is 3.58. The zero-order valence-corrected chi connectivity index (χ0v) is 17.2. The average molecular weight is 417 g/mol. The van der Waals surface area contributed by atoms with Gasteiger partial charge in [0.15, 0.2) is 0 Å². The Morgan fingerprint density at radius 1 is 1.21 bits per heavy atom. The van der Waals surface area contributed by atoms with Gasteiger partial charge in [0.1, 0.15) is 10.8 Å². The Morgan fingerprint density at radius 2 is 2.04 bits per heavy atom. The lowest BCUT2D eigenvalue weighted by molar-refractivity contribution is -0.127. The van der Waals surface area contributed by atoms with Crippen molar-refractivity contribution in [3.8, 4) is 0 Å². The number of carbonyl (C=O) groups is 2. The van der Waals surface area contributed by atoms with Crippen LogP contribution in [0.4, 0.5) is 5.69 Å². The number of hydrogen-bond donors (Lipinski definition) is 1. The molecule has 146 valence electrons. The SMILES string of the molecule is Cc1ccccc1NC(=O)c1nnc(CSCC(=O)N(C)Cc2ccco2)s1. The molecule has 0 unspecified atom stereocenters. The van der Waals surface area contributed by atoms with Gasteiger partial charge in [-0.2, -0.15) is 0 Å². The summed E-state index contributed by atoms with van der Waals surface area (Å²) in [5.74, 6) is 1.31. The lowest BCUT2D eigenvalue weighted by Gasteiger charge is -2.15. The fourth-order valence-electron chi connectivity index (χ4n) is 2.35. The molecule has 1 aromatic carbocycles. The maximum atomic E-state index is 12.3. The van der Waals surface area contributed by atoms with E-state index in [1.807, 2.05) is 37.3 Å². The highest BCUT2D eigenvalue weighted by atomic mass is 32.2. The molecule has 3 rings (SSSR count). The summed E-state index contributed by atoms with van der Waals surface area (Å²) < 4.78 is 5.25. The summed E-state index contributed by atoms with van der Waals surface area (Å²) in [7, 11) is 1.74. The lowest BCUT2D eigenvalue weighted by atomic mass is 10.2. The maximum Gasteiger partial charge on any atom is 0.286 e. The van der Waals surface area contributed by atoms with Gasteiger partial charge in [-0.15, -0.1) is 22.0 Å². The number of nitrogens with one attached hydrogen (secondary N) is 1. The van der Waals surface area contributed by atoms with Crippen LogP contribution >= 0.6 is 23.1 Å². The molecular weight excluding hydrogens is 396 g/mol. The Balaban J connectivity index is 1.46. The van der Waals surface area contributed by atoms with Crippen molar-refractivity contribution in [1.29, 1.82) is 0 Å². The first-order valence-corrected chi connectivity index (χ1v) is 10.5. The molecule has 0 bridgehead atoms. The quantitative estimate of drug-likeness (QED) is 0.604. The van der Waals surface area contributed by atoms with Gasteiger partial charge in [0.25, 0.3) is 5.91 Å². The van der Waals surface area contributed by atoms with Crippen LogP contribution in [0.2, 0.25) is 0 Å². The van der Waals surface area contributed by atoms with E-state index < -0.39 is 0 Å². The highest BCUT2D eigenvalue weighted by molar-refractivity contribution is 7.99. The summed E-state index contributed by atoms with van der Waals surface area (Å²) >= 11 is 2.68. The molecule has 0 aliphatic rings. The Hall–Kier alpha value is -2.65. The molecule has 0 fully saturated rings. The van der Waals surface area contributed by atoms with Crippen molar-refractivity contribution in [3.05, 3.63) is 64.0 Å². The van der Waals surface area contributed by atoms with Gasteiger partial charge < -0.3 is 14.6 Å². The van der Waals surface area contributed by atoms with E-state index in [4.69, 9.17) is 4.42 Å². The molecule has 2 heterocycles. The lowest BCUT2D eigenvalue weighted by Crippen LogP contribution is -2.27. The second-order valence-electron chi connectivity index (χ2n) is 6.09. The van der Waals surface area contributed by atoms with Crippen LogP contribution in [0.15, 0.2) is 47.1 Å². The third kappa shape index (κ3) is 5.43. The van der Waals surface area contributed by atoms with Crippen molar-refractivity contribution >= 4 is 40.6 Å². The minimum atomic E-state index is -0.280. The smallest absolute Gasteiger partial charge is 0.286 e. The number of furan rings is 1. The third-order valence-electron chi connectivity index (χ3n) is 3.90. The van der Waals surface area contributed by atoms with Gasteiger partial charge >= 0.3 is 0 Å². The van der Waals surface area contributed by atoms with E-state index in [1.54, 1.807) is 24.3 Å². The number of anilines is 1. The van der Waals surface area contributed by atoms with E-state index in [9.17, 15) is 9.59 Å². The summed E-state index contributed by atoms with van der Waals surface area (Å²) in [6.07, 6.45) is 1.59. The molecule has 7 nitrogen and oxygen atoms in total. The van der Waals surface area contributed by atoms with E-state index in [0.29, 0.717) is 28.1 Å². The molecule has 0 saturated carbocycles. The molecule has 28 heavy (non-hydrogen) atoms. The Morgan fingerprint density at radius 3 is 2.79 bits per heavy atom. The molecule has 1 N–H and O–H groups in total. The zero-order chi connectivity index (χ0) is 19.9. The van der Waals surface area contributed by atoms with Gasteiger partial charge in [0.2, 0.25) is 10.9 Å². The summed E-state index contributed by atoms with van der Waals surface area (Å²) in [4.78, 5) is 26.1. The van der Waals surface area contributed by atoms with Crippen molar-refractivity contribution in [2.75, 3.05) is 18.1 Å². The van der Waals surface area contributed by atoms with Crippen LogP contribution < -0.4 is 5.32 Å². The number of rotatable bonds is 8. The van der Waals surface area contributed by atoms with Gasteiger partial charge in [-0.1, -0.05) is 29.5 Å². The molecule has 0 aliphatic carbocycles. The summed E-state index contributed by atoms with van der Waals surface area (Å²) in [5.41, 5.74) is 1.73. The van der Waals surface area contributed by atoms with Gasteiger partial charge in [-0.05, 0) is 30.7 Å². The molecule has 0 aliphatic heterocycles. The number of benzene rings is 1. The Labute approximate surface area is 171 Å². The van der Waals surface area contributed by atoms with Gasteiger partial charge in [0, 0.05) is 18.5 Å². The fourth-order valence-corrected chi connectivity index (χ4v) is 4.10. The highest BCUT2D eigenvalue weighted by Crippen LogP contribution is 2.20. The van der Waals surface area contributed by atoms with Crippen LogP contribution in [0.5, 0.6) is 0 Å². The van der Waals surface area contributed by atoms with E-state index in [2.05, 4.69) is 15.5 Å². The molecule has 9 heteroatoms. The number of nitrogens with zero attached hydrogens (tertiary/aromatic N) is 3. The number of aryl methyl sites for hydroxylation is 1. The third-order valence-corrected chi connectivity index (χ3v) is 5.94. The second-order valence-corrected chi connectivity index (χ2v) is 8.14. The van der Waals surface area contributed by atoms with Crippen LogP contribution in [0.3, 0.4) is 0 Å². The van der Waals surface area contributed by atoms with Crippen LogP contribution in [-0.4, -0.2) is 39.7 Å². The average Bonchev–Trinajstić information content (AvgIpc) is 3.35. The Bertz CT molecular complexity index is 940. The molecule has 0 atom stereocenters. The van der Waals surface area contributed by atoms with E-state index >= 15 is 0 Å². The van der Waals surface area contributed by atoms with Crippen LogP contribution in [0, 0.1) is 6.92 Å². The molecular formula is C19H20N4O3S2. The molecule has 2 aromatic heterocycles. The molecule has 0 saturated heterocycles. The summed E-state index contributed by atoms with van der Waals surface area (Å²) in [6.45, 7) is 2.37. The summed E-state index contributed by atoms with van der Waals surface area (Å²) in [6, 6.07) is 11.2. The minimum absolute atomic E-state index is 0.00318. The van der Waals surface area contributed by atoms with Crippen molar-refractivity contribution in [1.82, 2.24) is 15.1 Å². The zero-order valence-electron chi connectivity index (χ0n) is 15.5. The predicted molar refractivity (Wildman–Crippen MR) is 110 cm³/mol. The topological polar surface area (TPSA) is 88.3 Å². The first-order chi connectivity index (χ1) is 13.5. The van der Waals surface area contributed by atoms with E-state index in [1.165, 1.54) is 23.1 Å². The molecule has 0 radical (unpaired) electrons. The second kappa shape index (κ2) is 9.52. The number of aromatic nitrogens is 2. The van der Waals surface area contributed by atoms with Gasteiger partial charge in [0.05, 0.1) is 18.6 Å². The molecule has 3 aromatic rings. The van der Waals surface area contributed by atoms with Gasteiger partial charge in [-0.3, -0.25) is 9.59 Å². The van der Waals surface area contributed by atoms with Crippen molar-refractivity contribution in [2.24, 2.45) is 0 Å². The van der Waals surface area contributed by atoms with E-state index in [0.717, 1.165) is 17.0 Å². The first kappa shape index (κ1) is 20.1. The number of thioether (sulfide) groups is 1. The van der Waals surface area contributed by atoms with Crippen LogP contribution in [0.25, 0.3) is 0 Å². The largest absolute Gasteiger partial charge is 0.467 e. The normalized spacial score (nSPS) is 10.6. The van der Waals surface area contributed by atoms with Crippen molar-refractivity contribution in [2.45, 2.75) is 19.2 Å². The van der Waals surface area contributed by atoms with E-state index in [-0.39, 0.29) is 11.8 Å². The fraction of sp³-hybridized carbons (Fsp3) is 0.263. The molecule has 0 spiro atoms.